The molecule has 35 heavy (non-hydrogen) atoms. The summed E-state index contributed by atoms with van der Waals surface area (Å²) in [5, 5.41) is 9.40. The number of nitrogens with zero attached hydrogens (tertiary/aromatic N) is 5. The van der Waals surface area contributed by atoms with Crippen molar-refractivity contribution < 1.29 is 0 Å². The van der Waals surface area contributed by atoms with Gasteiger partial charge in [0.05, 0.1) is 0 Å². The molecule has 0 atom stereocenters. The highest BCUT2D eigenvalue weighted by Crippen LogP contribution is 2.41. The zero-order valence-electron chi connectivity index (χ0n) is 19.4. The molecule has 2 fully saturated rings. The van der Waals surface area contributed by atoms with E-state index in [1.165, 1.54) is 43.0 Å². The van der Waals surface area contributed by atoms with Gasteiger partial charge in [0.1, 0.15) is 10.8 Å². The molecular formula is C25H28ClN7S2. The lowest BCUT2D eigenvalue weighted by molar-refractivity contribution is 0.435. The predicted molar refractivity (Wildman–Crippen MR) is 145 cm³/mol. The van der Waals surface area contributed by atoms with E-state index >= 15 is 0 Å². The second-order valence-electron chi connectivity index (χ2n) is 9.02. The third kappa shape index (κ3) is 6.02. The summed E-state index contributed by atoms with van der Waals surface area (Å²) in [5.41, 5.74) is 1.36. The van der Waals surface area contributed by atoms with Gasteiger partial charge < -0.3 is 15.5 Å². The first-order valence-electron chi connectivity index (χ1n) is 12.0. The van der Waals surface area contributed by atoms with Crippen molar-refractivity contribution in [2.45, 2.75) is 54.1 Å². The first-order chi connectivity index (χ1) is 17.1. The van der Waals surface area contributed by atoms with Gasteiger partial charge in [-0.2, -0.15) is 4.98 Å². The lowest BCUT2D eigenvalue weighted by Gasteiger charge is -2.30. The Morgan fingerprint density at radius 3 is 2.46 bits per heavy atom. The average Bonchev–Trinajstić information content (AvgIpc) is 3.57. The summed E-state index contributed by atoms with van der Waals surface area (Å²) in [7, 11) is 0. The van der Waals surface area contributed by atoms with Crippen molar-refractivity contribution in [1.29, 1.82) is 0 Å². The lowest BCUT2D eigenvalue weighted by atomic mass is 9.79. The van der Waals surface area contributed by atoms with E-state index in [1.807, 2.05) is 18.2 Å². The lowest BCUT2D eigenvalue weighted by Crippen LogP contribution is -2.41. The maximum atomic E-state index is 6.13. The van der Waals surface area contributed by atoms with Crippen LogP contribution in [0.25, 0.3) is 0 Å². The van der Waals surface area contributed by atoms with Gasteiger partial charge in [-0.15, -0.1) is 0 Å². The summed E-state index contributed by atoms with van der Waals surface area (Å²) >= 11 is 13.2. The van der Waals surface area contributed by atoms with Gasteiger partial charge in [-0.1, -0.05) is 36.6 Å². The number of hydrogen-bond acceptors (Lipinski definition) is 7. The van der Waals surface area contributed by atoms with Crippen LogP contribution in [0.3, 0.4) is 0 Å². The second-order valence-corrected chi connectivity index (χ2v) is 10.8. The van der Waals surface area contributed by atoms with Crippen LogP contribution in [-0.2, 0) is 5.41 Å². The van der Waals surface area contributed by atoms with Crippen LogP contribution in [0, 0.1) is 0 Å². The number of rotatable bonds is 7. The minimum Gasteiger partial charge on any atom is -0.361 e. The van der Waals surface area contributed by atoms with E-state index in [0.29, 0.717) is 16.2 Å². The fourth-order valence-electron chi connectivity index (χ4n) is 4.88. The van der Waals surface area contributed by atoms with Crippen molar-refractivity contribution in [3.8, 4) is 0 Å². The Morgan fingerprint density at radius 2 is 1.74 bits per heavy atom. The van der Waals surface area contributed by atoms with Crippen molar-refractivity contribution >= 4 is 52.5 Å². The Hall–Kier alpha value is -2.49. The largest absolute Gasteiger partial charge is 0.361 e. The minimum atomic E-state index is 0.0558. The van der Waals surface area contributed by atoms with E-state index in [1.54, 1.807) is 18.5 Å². The SMILES string of the molecule is S=C(NCC1(c2ccc(Cl)cc2)CCCC1)Nc1nc(Sc2ncccn2)cc(N2CCCC2)n1. The van der Waals surface area contributed by atoms with E-state index < -0.39 is 0 Å². The maximum absolute atomic E-state index is 6.13. The van der Waals surface area contributed by atoms with Crippen molar-refractivity contribution in [2.75, 3.05) is 29.9 Å². The van der Waals surface area contributed by atoms with Crippen molar-refractivity contribution in [3.05, 3.63) is 59.4 Å². The molecular weight excluding hydrogens is 498 g/mol. The van der Waals surface area contributed by atoms with Gasteiger partial charge in [0.15, 0.2) is 10.3 Å². The van der Waals surface area contributed by atoms with Crippen LogP contribution >= 0.6 is 35.6 Å². The molecule has 1 aliphatic heterocycles. The van der Waals surface area contributed by atoms with Crippen LogP contribution in [-0.4, -0.2) is 44.7 Å². The van der Waals surface area contributed by atoms with Crippen LogP contribution in [0.15, 0.2) is 59.0 Å². The predicted octanol–water partition coefficient (Wildman–Crippen LogP) is 5.47. The fourth-order valence-corrected chi connectivity index (χ4v) is 5.88. The molecule has 3 aromatic rings. The van der Waals surface area contributed by atoms with Gasteiger partial charge in [0.25, 0.3) is 0 Å². The Balaban J connectivity index is 1.30. The molecule has 3 heterocycles. The Kier molecular flexibility index (Phi) is 7.65. The number of thiocarbonyl (C=S) groups is 1. The Labute approximate surface area is 220 Å². The highest BCUT2D eigenvalue weighted by atomic mass is 35.5. The van der Waals surface area contributed by atoms with Gasteiger partial charge >= 0.3 is 0 Å². The smallest absolute Gasteiger partial charge is 0.232 e. The molecule has 0 unspecified atom stereocenters. The molecule has 1 saturated heterocycles. The summed E-state index contributed by atoms with van der Waals surface area (Å²) in [6.07, 6.45) is 10.5. The normalized spacial score (nSPS) is 16.9. The van der Waals surface area contributed by atoms with Crippen LogP contribution in [0.5, 0.6) is 0 Å². The summed E-state index contributed by atoms with van der Waals surface area (Å²) < 4.78 is 0. The second kappa shape index (κ2) is 11.1. The van der Waals surface area contributed by atoms with Gasteiger partial charge in [-0.25, -0.2) is 15.0 Å². The number of halogens is 1. The van der Waals surface area contributed by atoms with Gasteiger partial charge in [0.2, 0.25) is 5.95 Å². The van der Waals surface area contributed by atoms with Crippen LogP contribution in [0.1, 0.15) is 44.1 Å². The van der Waals surface area contributed by atoms with Crippen molar-refractivity contribution in [2.24, 2.45) is 0 Å². The van der Waals surface area contributed by atoms with Crippen LogP contribution in [0.2, 0.25) is 5.02 Å². The maximum Gasteiger partial charge on any atom is 0.232 e. The Bertz CT molecular complexity index is 1150. The Morgan fingerprint density at radius 1 is 1.03 bits per heavy atom. The monoisotopic (exact) mass is 525 g/mol. The fraction of sp³-hybridized carbons (Fsp3) is 0.400. The molecule has 0 bridgehead atoms. The minimum absolute atomic E-state index is 0.0558. The molecule has 0 radical (unpaired) electrons. The molecule has 1 aromatic carbocycles. The molecule has 182 valence electrons. The van der Waals surface area contributed by atoms with E-state index in [-0.39, 0.29) is 5.41 Å². The number of benzene rings is 1. The van der Waals surface area contributed by atoms with Crippen LogP contribution < -0.4 is 15.5 Å². The molecule has 1 aliphatic carbocycles. The zero-order chi connectivity index (χ0) is 24.1. The van der Waals surface area contributed by atoms with Crippen molar-refractivity contribution in [3.63, 3.8) is 0 Å². The molecule has 0 spiro atoms. The van der Waals surface area contributed by atoms with Gasteiger partial charge in [0, 0.05) is 48.5 Å². The van der Waals surface area contributed by atoms with E-state index in [0.717, 1.165) is 48.3 Å². The third-order valence-corrected chi connectivity index (χ3v) is 8.00. The van der Waals surface area contributed by atoms with E-state index in [2.05, 4.69) is 37.6 Å². The standard InChI is InChI=1S/C25H28ClN7S2/c26-19-8-6-18(7-9-19)25(10-1-2-11-25)17-29-23(34)32-22-30-20(33-14-3-4-15-33)16-21(31-22)35-24-27-12-5-13-28-24/h5-9,12-13,16H,1-4,10-11,14-15,17H2,(H2,29,30,31,32,34). The molecule has 2 aromatic heterocycles. The zero-order valence-corrected chi connectivity index (χ0v) is 21.8. The highest BCUT2D eigenvalue weighted by Gasteiger charge is 2.35. The average molecular weight is 526 g/mol. The first kappa shape index (κ1) is 24.2. The number of hydrogen-bond donors (Lipinski definition) is 2. The van der Waals surface area contributed by atoms with Crippen LogP contribution in [0.4, 0.5) is 11.8 Å². The van der Waals surface area contributed by atoms with Gasteiger partial charge in [-0.3, -0.25) is 0 Å². The third-order valence-electron chi connectivity index (χ3n) is 6.69. The van der Waals surface area contributed by atoms with Gasteiger partial charge in [-0.05, 0) is 73.4 Å². The van der Waals surface area contributed by atoms with E-state index in [4.69, 9.17) is 33.8 Å². The quantitative estimate of drug-likeness (QED) is 0.237. The number of aromatic nitrogens is 4. The molecule has 10 heteroatoms. The topological polar surface area (TPSA) is 78.9 Å². The summed E-state index contributed by atoms with van der Waals surface area (Å²) in [6, 6.07) is 12.0. The number of anilines is 2. The summed E-state index contributed by atoms with van der Waals surface area (Å²) in [4.78, 5) is 20.4. The highest BCUT2D eigenvalue weighted by molar-refractivity contribution is 7.99. The summed E-state index contributed by atoms with van der Waals surface area (Å²) in [6.45, 7) is 2.75. The number of nitrogens with one attached hydrogen (secondary N) is 2. The van der Waals surface area contributed by atoms with Crippen molar-refractivity contribution in [1.82, 2.24) is 25.3 Å². The molecule has 2 N–H and O–H groups in total. The van der Waals surface area contributed by atoms with E-state index in [9.17, 15) is 0 Å². The molecule has 7 nitrogen and oxygen atoms in total. The molecule has 1 saturated carbocycles. The first-order valence-corrected chi connectivity index (χ1v) is 13.6. The molecule has 2 aliphatic rings. The molecule has 0 amide bonds. The summed E-state index contributed by atoms with van der Waals surface area (Å²) in [5.74, 6) is 1.38. The molecule has 5 rings (SSSR count).